The van der Waals surface area contributed by atoms with Gasteiger partial charge in [0, 0.05) is 7.11 Å². The van der Waals surface area contributed by atoms with Gasteiger partial charge in [-0.25, -0.2) is 0 Å². The van der Waals surface area contributed by atoms with Crippen LogP contribution in [0.2, 0.25) is 0 Å². The van der Waals surface area contributed by atoms with E-state index in [1.165, 1.54) is 5.56 Å². The minimum Gasteiger partial charge on any atom is -0.481 e. The van der Waals surface area contributed by atoms with Crippen molar-refractivity contribution in [2.45, 2.75) is 33.6 Å². The highest BCUT2D eigenvalue weighted by Gasteiger charge is 2.15. The zero-order valence-corrected chi connectivity index (χ0v) is 12.7. The van der Waals surface area contributed by atoms with Crippen LogP contribution in [0.25, 0.3) is 0 Å². The smallest absolute Gasteiger partial charge is 0.306 e. The first kappa shape index (κ1) is 16.5. The van der Waals surface area contributed by atoms with E-state index < -0.39 is 5.97 Å². The van der Waals surface area contributed by atoms with E-state index in [9.17, 15) is 4.79 Å². The van der Waals surface area contributed by atoms with Gasteiger partial charge in [0.2, 0.25) is 0 Å². The van der Waals surface area contributed by atoms with Crippen molar-refractivity contribution in [1.82, 2.24) is 0 Å². The monoisotopic (exact) mass is 280 g/mol. The van der Waals surface area contributed by atoms with Gasteiger partial charge in [-0.15, -0.1) is 0 Å². The first-order chi connectivity index (χ1) is 9.43. The summed E-state index contributed by atoms with van der Waals surface area (Å²) in [7, 11) is 1.59. The molecule has 0 saturated carbocycles. The molecule has 0 saturated heterocycles. The van der Waals surface area contributed by atoms with Gasteiger partial charge in [-0.3, -0.25) is 4.79 Å². The number of hydrogen-bond donors (Lipinski definition) is 1. The standard InChI is InChI=1S/C16H24O4/c1-11(7-13(3)16(17)18)8-14-5-6-15(12(2)9-14)20-10-19-4/h5-6,9,11,13H,7-8,10H2,1-4H3,(H,17,18)/t11-,13?/m1/s1. The van der Waals surface area contributed by atoms with Gasteiger partial charge < -0.3 is 14.6 Å². The molecule has 0 aromatic heterocycles. The SMILES string of the molecule is COCOc1ccc(C[C@H](C)CC(C)C(=O)O)cc1C. The number of methoxy groups -OCH3 is 1. The molecular formula is C16H24O4. The first-order valence-electron chi connectivity index (χ1n) is 6.88. The van der Waals surface area contributed by atoms with Crippen molar-refractivity contribution in [3.8, 4) is 5.75 Å². The second-order valence-corrected chi connectivity index (χ2v) is 5.43. The summed E-state index contributed by atoms with van der Waals surface area (Å²) < 4.78 is 10.3. The Bertz CT molecular complexity index is 442. The van der Waals surface area contributed by atoms with E-state index in [1.807, 2.05) is 19.1 Å². The van der Waals surface area contributed by atoms with Crippen LogP contribution in [0.3, 0.4) is 0 Å². The lowest BCUT2D eigenvalue weighted by atomic mass is 9.91. The van der Waals surface area contributed by atoms with E-state index in [4.69, 9.17) is 14.6 Å². The molecule has 1 unspecified atom stereocenters. The van der Waals surface area contributed by atoms with Gasteiger partial charge in [-0.05, 0) is 42.9 Å². The second kappa shape index (κ2) is 7.90. The lowest BCUT2D eigenvalue weighted by molar-refractivity contribution is -0.141. The summed E-state index contributed by atoms with van der Waals surface area (Å²) in [4.78, 5) is 10.9. The molecule has 0 radical (unpaired) electrons. The Morgan fingerprint density at radius 3 is 2.60 bits per heavy atom. The highest BCUT2D eigenvalue weighted by molar-refractivity contribution is 5.69. The Morgan fingerprint density at radius 2 is 2.05 bits per heavy atom. The van der Waals surface area contributed by atoms with E-state index in [0.29, 0.717) is 12.3 Å². The maximum absolute atomic E-state index is 10.9. The van der Waals surface area contributed by atoms with Gasteiger partial charge in [0.15, 0.2) is 6.79 Å². The van der Waals surface area contributed by atoms with Gasteiger partial charge in [-0.2, -0.15) is 0 Å². The summed E-state index contributed by atoms with van der Waals surface area (Å²) in [6.45, 7) is 6.08. The molecule has 4 nitrogen and oxygen atoms in total. The minimum atomic E-state index is -0.726. The number of carbonyl (C=O) groups is 1. The molecule has 0 aliphatic rings. The van der Waals surface area contributed by atoms with Crippen molar-refractivity contribution in [2.75, 3.05) is 13.9 Å². The summed E-state index contributed by atoms with van der Waals surface area (Å²) in [5, 5.41) is 8.93. The fourth-order valence-corrected chi connectivity index (χ4v) is 2.31. The number of carboxylic acids is 1. The van der Waals surface area contributed by atoms with Crippen LogP contribution in [0, 0.1) is 18.8 Å². The molecule has 0 heterocycles. The van der Waals surface area contributed by atoms with Gasteiger partial charge >= 0.3 is 5.97 Å². The molecule has 1 aromatic carbocycles. The number of hydrogen-bond acceptors (Lipinski definition) is 3. The summed E-state index contributed by atoms with van der Waals surface area (Å²) in [5.74, 6) is 0.139. The van der Waals surface area contributed by atoms with E-state index in [2.05, 4.69) is 13.0 Å². The number of aryl methyl sites for hydroxylation is 1. The summed E-state index contributed by atoms with van der Waals surface area (Å²) in [6.07, 6.45) is 1.57. The normalized spacial score (nSPS) is 13.8. The van der Waals surface area contributed by atoms with E-state index >= 15 is 0 Å². The van der Waals surface area contributed by atoms with Crippen molar-refractivity contribution >= 4 is 5.97 Å². The molecule has 112 valence electrons. The van der Waals surface area contributed by atoms with Crippen molar-refractivity contribution in [2.24, 2.45) is 11.8 Å². The number of carboxylic acid groups (broad SMARTS) is 1. The molecular weight excluding hydrogens is 256 g/mol. The molecule has 4 heteroatoms. The molecule has 0 spiro atoms. The molecule has 0 aliphatic carbocycles. The lowest BCUT2D eigenvalue weighted by Gasteiger charge is -2.15. The molecule has 1 N–H and O–H groups in total. The molecule has 0 bridgehead atoms. The molecule has 1 rings (SSSR count). The Morgan fingerprint density at radius 1 is 1.35 bits per heavy atom. The molecule has 1 aromatic rings. The fraction of sp³-hybridized carbons (Fsp3) is 0.562. The zero-order chi connectivity index (χ0) is 15.1. The maximum Gasteiger partial charge on any atom is 0.306 e. The molecule has 20 heavy (non-hydrogen) atoms. The molecule has 2 atom stereocenters. The number of aliphatic carboxylic acids is 1. The van der Waals surface area contributed by atoms with Crippen LogP contribution in [-0.2, 0) is 16.0 Å². The van der Waals surface area contributed by atoms with Crippen molar-refractivity contribution in [1.29, 1.82) is 0 Å². The number of rotatable bonds is 8. The molecule has 0 aliphatic heterocycles. The quantitative estimate of drug-likeness (QED) is 0.743. The van der Waals surface area contributed by atoms with Crippen molar-refractivity contribution in [3.63, 3.8) is 0 Å². The average molecular weight is 280 g/mol. The molecule has 0 amide bonds. The zero-order valence-electron chi connectivity index (χ0n) is 12.7. The first-order valence-corrected chi connectivity index (χ1v) is 6.88. The Kier molecular flexibility index (Phi) is 6.52. The number of benzene rings is 1. The third-order valence-corrected chi connectivity index (χ3v) is 3.33. The fourth-order valence-electron chi connectivity index (χ4n) is 2.31. The van der Waals surface area contributed by atoms with Crippen LogP contribution in [0.15, 0.2) is 18.2 Å². The third kappa shape index (κ3) is 5.21. The molecule has 0 fully saturated rings. The summed E-state index contributed by atoms with van der Waals surface area (Å²) in [6, 6.07) is 6.06. The predicted octanol–water partition coefficient (Wildman–Crippen LogP) is 3.27. The third-order valence-electron chi connectivity index (χ3n) is 3.33. The van der Waals surface area contributed by atoms with Gasteiger partial charge in [0.1, 0.15) is 5.75 Å². The van der Waals surface area contributed by atoms with Crippen molar-refractivity contribution in [3.05, 3.63) is 29.3 Å². The Labute approximate surface area is 120 Å². The van der Waals surface area contributed by atoms with Crippen LogP contribution in [0.5, 0.6) is 5.75 Å². The number of ether oxygens (including phenoxy) is 2. The van der Waals surface area contributed by atoms with Gasteiger partial charge in [0.05, 0.1) is 5.92 Å². The van der Waals surface area contributed by atoms with E-state index in [-0.39, 0.29) is 12.7 Å². The van der Waals surface area contributed by atoms with Crippen LogP contribution in [0.4, 0.5) is 0 Å². The predicted molar refractivity (Wildman–Crippen MR) is 78.0 cm³/mol. The van der Waals surface area contributed by atoms with Crippen LogP contribution in [-0.4, -0.2) is 25.0 Å². The Hall–Kier alpha value is -1.55. The van der Waals surface area contributed by atoms with E-state index in [0.717, 1.165) is 17.7 Å². The lowest BCUT2D eigenvalue weighted by Crippen LogP contribution is -2.14. The highest BCUT2D eigenvalue weighted by Crippen LogP contribution is 2.23. The summed E-state index contributed by atoms with van der Waals surface area (Å²) in [5.41, 5.74) is 2.27. The Balaban J connectivity index is 2.60. The topological polar surface area (TPSA) is 55.8 Å². The van der Waals surface area contributed by atoms with E-state index in [1.54, 1.807) is 14.0 Å². The minimum absolute atomic E-state index is 0.243. The second-order valence-electron chi connectivity index (χ2n) is 5.43. The van der Waals surface area contributed by atoms with Gasteiger partial charge in [-0.1, -0.05) is 26.0 Å². The summed E-state index contributed by atoms with van der Waals surface area (Å²) >= 11 is 0. The van der Waals surface area contributed by atoms with Crippen LogP contribution in [0.1, 0.15) is 31.4 Å². The van der Waals surface area contributed by atoms with Crippen molar-refractivity contribution < 1.29 is 19.4 Å². The largest absolute Gasteiger partial charge is 0.481 e. The van der Waals surface area contributed by atoms with Gasteiger partial charge in [0.25, 0.3) is 0 Å². The highest BCUT2D eigenvalue weighted by atomic mass is 16.7. The maximum atomic E-state index is 10.9. The average Bonchev–Trinajstić information content (AvgIpc) is 2.37. The van der Waals surface area contributed by atoms with Crippen LogP contribution < -0.4 is 4.74 Å². The van der Waals surface area contributed by atoms with Crippen LogP contribution >= 0.6 is 0 Å².